The Morgan fingerprint density at radius 3 is 2.85 bits per heavy atom. The minimum absolute atomic E-state index is 0.599. The summed E-state index contributed by atoms with van der Waals surface area (Å²) in [7, 11) is 0. The zero-order chi connectivity index (χ0) is 9.68. The quantitative estimate of drug-likeness (QED) is 0.709. The van der Waals surface area contributed by atoms with Gasteiger partial charge in [0.2, 0.25) is 0 Å². The van der Waals surface area contributed by atoms with Crippen LogP contribution in [0.25, 0.3) is 0 Å². The van der Waals surface area contributed by atoms with Crippen LogP contribution < -0.4 is 5.73 Å². The van der Waals surface area contributed by atoms with Crippen molar-refractivity contribution in [2.45, 2.75) is 33.2 Å². The smallest absolute Gasteiger partial charge is 0.152 e. The van der Waals surface area contributed by atoms with Crippen molar-refractivity contribution < 1.29 is 0 Å². The van der Waals surface area contributed by atoms with Gasteiger partial charge in [0, 0.05) is 13.0 Å². The fourth-order valence-corrected chi connectivity index (χ4v) is 1.09. The average Bonchev–Trinajstić information content (AvgIpc) is 2.49. The van der Waals surface area contributed by atoms with Gasteiger partial charge in [0.15, 0.2) is 5.82 Å². The summed E-state index contributed by atoms with van der Waals surface area (Å²) in [6.07, 6.45) is 1.85. The second-order valence-electron chi connectivity index (χ2n) is 3.54. The summed E-state index contributed by atoms with van der Waals surface area (Å²) >= 11 is 0. The van der Waals surface area contributed by atoms with Crippen LogP contribution in [0.3, 0.4) is 0 Å². The van der Waals surface area contributed by atoms with Gasteiger partial charge in [0.05, 0.1) is 0 Å². The maximum Gasteiger partial charge on any atom is 0.152 e. The van der Waals surface area contributed by atoms with E-state index in [1.165, 1.54) is 0 Å². The lowest BCUT2D eigenvalue weighted by molar-refractivity contribution is 0.467. The number of tetrazole rings is 1. The number of rotatable bonds is 5. The summed E-state index contributed by atoms with van der Waals surface area (Å²) in [4.78, 5) is 0. The first-order valence-corrected chi connectivity index (χ1v) is 4.69. The molecule has 1 aromatic heterocycles. The van der Waals surface area contributed by atoms with Gasteiger partial charge < -0.3 is 5.73 Å². The molecular formula is C8H17N5. The van der Waals surface area contributed by atoms with E-state index >= 15 is 0 Å². The Labute approximate surface area is 78.3 Å². The summed E-state index contributed by atoms with van der Waals surface area (Å²) < 4.78 is 1.84. The molecule has 1 aromatic rings. The second kappa shape index (κ2) is 4.91. The molecule has 5 nitrogen and oxygen atoms in total. The van der Waals surface area contributed by atoms with E-state index in [2.05, 4.69) is 29.4 Å². The summed E-state index contributed by atoms with van der Waals surface area (Å²) in [5.74, 6) is 1.57. The van der Waals surface area contributed by atoms with Crippen LogP contribution in [0.4, 0.5) is 0 Å². The fourth-order valence-electron chi connectivity index (χ4n) is 1.09. The third-order valence-corrected chi connectivity index (χ3v) is 1.89. The predicted molar refractivity (Wildman–Crippen MR) is 50.0 cm³/mol. The Morgan fingerprint density at radius 1 is 1.46 bits per heavy atom. The highest BCUT2D eigenvalue weighted by molar-refractivity contribution is 4.81. The van der Waals surface area contributed by atoms with Crippen molar-refractivity contribution in [2.24, 2.45) is 11.7 Å². The van der Waals surface area contributed by atoms with Crippen LogP contribution in [-0.4, -0.2) is 26.8 Å². The van der Waals surface area contributed by atoms with E-state index in [0.29, 0.717) is 12.5 Å². The van der Waals surface area contributed by atoms with E-state index in [0.717, 1.165) is 25.2 Å². The third-order valence-electron chi connectivity index (χ3n) is 1.89. The molecule has 0 unspecified atom stereocenters. The van der Waals surface area contributed by atoms with E-state index in [1.807, 2.05) is 4.68 Å². The largest absolute Gasteiger partial charge is 0.330 e. The Balaban J connectivity index is 2.49. The molecule has 0 aliphatic heterocycles. The minimum atomic E-state index is 0.599. The highest BCUT2D eigenvalue weighted by Crippen LogP contribution is 2.02. The zero-order valence-corrected chi connectivity index (χ0v) is 8.27. The van der Waals surface area contributed by atoms with Crippen molar-refractivity contribution >= 4 is 0 Å². The maximum atomic E-state index is 5.44. The molecule has 2 N–H and O–H groups in total. The van der Waals surface area contributed by atoms with Gasteiger partial charge in [-0.1, -0.05) is 13.8 Å². The molecule has 0 spiro atoms. The normalized spacial score (nSPS) is 11.1. The molecule has 0 atom stereocenters. The van der Waals surface area contributed by atoms with Gasteiger partial charge in [0.1, 0.15) is 0 Å². The summed E-state index contributed by atoms with van der Waals surface area (Å²) in [5, 5.41) is 11.4. The van der Waals surface area contributed by atoms with Crippen LogP contribution in [0.5, 0.6) is 0 Å². The predicted octanol–water partition coefficient (Wildman–Crippen LogP) is 0.220. The minimum Gasteiger partial charge on any atom is -0.330 e. The molecule has 0 bridgehead atoms. The van der Waals surface area contributed by atoms with Crippen molar-refractivity contribution in [3.63, 3.8) is 0 Å². The number of aromatic nitrogens is 4. The van der Waals surface area contributed by atoms with Crippen molar-refractivity contribution in [1.82, 2.24) is 20.2 Å². The van der Waals surface area contributed by atoms with Crippen molar-refractivity contribution in [2.75, 3.05) is 6.54 Å². The Hall–Kier alpha value is -0.970. The Kier molecular flexibility index (Phi) is 3.82. The van der Waals surface area contributed by atoms with Gasteiger partial charge in [0.25, 0.3) is 0 Å². The maximum absolute atomic E-state index is 5.44. The van der Waals surface area contributed by atoms with Crippen molar-refractivity contribution in [3.8, 4) is 0 Å². The fraction of sp³-hybridized carbons (Fsp3) is 0.875. The number of aryl methyl sites for hydroxylation is 1. The van der Waals surface area contributed by atoms with Crippen LogP contribution in [-0.2, 0) is 13.0 Å². The summed E-state index contributed by atoms with van der Waals surface area (Å²) in [6.45, 7) is 5.86. The molecule has 1 heterocycles. The highest BCUT2D eigenvalue weighted by Gasteiger charge is 2.04. The topological polar surface area (TPSA) is 69.6 Å². The lowest BCUT2D eigenvalue weighted by Crippen LogP contribution is -2.12. The third kappa shape index (κ3) is 3.10. The van der Waals surface area contributed by atoms with Crippen LogP contribution in [0.2, 0.25) is 0 Å². The zero-order valence-electron chi connectivity index (χ0n) is 8.27. The molecule has 5 heteroatoms. The first-order valence-electron chi connectivity index (χ1n) is 4.69. The standard InChI is InChI=1S/C8H17N5/c1-7(2)4-6-13-8(3-5-9)10-11-12-13/h7H,3-6,9H2,1-2H3. The number of nitrogens with two attached hydrogens (primary N) is 1. The molecule has 13 heavy (non-hydrogen) atoms. The van der Waals surface area contributed by atoms with Crippen LogP contribution >= 0.6 is 0 Å². The Bertz CT molecular complexity index is 242. The van der Waals surface area contributed by atoms with E-state index < -0.39 is 0 Å². The lowest BCUT2D eigenvalue weighted by Gasteiger charge is -2.05. The molecule has 0 radical (unpaired) electrons. The van der Waals surface area contributed by atoms with Gasteiger partial charge in [-0.15, -0.1) is 5.10 Å². The van der Waals surface area contributed by atoms with Crippen LogP contribution in [0.15, 0.2) is 0 Å². The molecule has 0 aliphatic carbocycles. The molecule has 0 fully saturated rings. The second-order valence-corrected chi connectivity index (χ2v) is 3.54. The van der Waals surface area contributed by atoms with E-state index in [9.17, 15) is 0 Å². The van der Waals surface area contributed by atoms with Gasteiger partial charge in [-0.05, 0) is 29.3 Å². The molecular weight excluding hydrogens is 166 g/mol. The SMILES string of the molecule is CC(C)CCn1nnnc1CCN. The van der Waals surface area contributed by atoms with Crippen LogP contribution in [0, 0.1) is 5.92 Å². The molecule has 0 saturated carbocycles. The lowest BCUT2D eigenvalue weighted by atomic mass is 10.1. The van der Waals surface area contributed by atoms with Crippen molar-refractivity contribution in [3.05, 3.63) is 5.82 Å². The molecule has 1 rings (SSSR count). The summed E-state index contributed by atoms with van der Waals surface area (Å²) in [5.41, 5.74) is 5.44. The molecule has 0 aromatic carbocycles. The van der Waals surface area contributed by atoms with Crippen LogP contribution in [0.1, 0.15) is 26.1 Å². The average molecular weight is 183 g/mol. The van der Waals surface area contributed by atoms with Gasteiger partial charge in [-0.25, -0.2) is 4.68 Å². The first kappa shape index (κ1) is 10.1. The summed E-state index contributed by atoms with van der Waals surface area (Å²) in [6, 6.07) is 0. The first-order chi connectivity index (χ1) is 6.24. The van der Waals surface area contributed by atoms with E-state index in [4.69, 9.17) is 5.73 Å². The van der Waals surface area contributed by atoms with E-state index in [1.54, 1.807) is 0 Å². The molecule has 0 amide bonds. The van der Waals surface area contributed by atoms with Crippen molar-refractivity contribution in [1.29, 1.82) is 0 Å². The number of nitrogens with zero attached hydrogens (tertiary/aromatic N) is 4. The Morgan fingerprint density at radius 2 is 2.23 bits per heavy atom. The van der Waals surface area contributed by atoms with Gasteiger partial charge in [-0.2, -0.15) is 0 Å². The monoisotopic (exact) mass is 183 g/mol. The van der Waals surface area contributed by atoms with E-state index in [-0.39, 0.29) is 0 Å². The molecule has 0 saturated heterocycles. The molecule has 0 aliphatic rings. The van der Waals surface area contributed by atoms with Gasteiger partial charge >= 0.3 is 0 Å². The number of hydrogen-bond acceptors (Lipinski definition) is 4. The number of hydrogen-bond donors (Lipinski definition) is 1. The van der Waals surface area contributed by atoms with Gasteiger partial charge in [-0.3, -0.25) is 0 Å². The highest BCUT2D eigenvalue weighted by atomic mass is 15.5. The molecule has 74 valence electrons.